The number of carboxylic acid groups (broad SMARTS) is 1. The molecule has 4 N–H and O–H groups in total. The number of carbonyl (C=O) groups excluding carboxylic acids is 3. The zero-order valence-electron chi connectivity index (χ0n) is 26.3. The first kappa shape index (κ1) is 36.9. The number of ether oxygens (including phenoxy) is 2. The second-order valence-corrected chi connectivity index (χ2v) is 10.1. The molecule has 1 atom stereocenters. The second-order valence-electron chi connectivity index (χ2n) is 10.1. The molecule has 11 heteroatoms. The van der Waals surface area contributed by atoms with Gasteiger partial charge in [-0.1, -0.05) is 76.2 Å². The van der Waals surface area contributed by atoms with E-state index in [-0.39, 0.29) is 25.5 Å². The molecule has 0 fully saturated rings. The van der Waals surface area contributed by atoms with Crippen LogP contribution in [-0.4, -0.2) is 60.6 Å². The summed E-state index contributed by atoms with van der Waals surface area (Å²) >= 11 is 0. The Morgan fingerprint density at radius 1 is 0.860 bits per heavy atom. The van der Waals surface area contributed by atoms with Gasteiger partial charge >= 0.3 is 18.2 Å². The van der Waals surface area contributed by atoms with E-state index in [4.69, 9.17) is 14.3 Å². The van der Waals surface area contributed by atoms with Crippen LogP contribution in [0, 0.1) is 0 Å². The van der Waals surface area contributed by atoms with E-state index in [1.54, 1.807) is 20.8 Å². The highest BCUT2D eigenvalue weighted by molar-refractivity contribution is 5.80. The van der Waals surface area contributed by atoms with Crippen LogP contribution in [0.15, 0.2) is 48.5 Å². The molecular weight excluding hydrogens is 554 g/mol. The van der Waals surface area contributed by atoms with Crippen molar-refractivity contribution in [2.75, 3.05) is 19.8 Å². The van der Waals surface area contributed by atoms with Crippen LogP contribution >= 0.6 is 0 Å². The molecule has 43 heavy (non-hydrogen) atoms. The average Bonchev–Trinajstić information content (AvgIpc) is 3.30. The van der Waals surface area contributed by atoms with Gasteiger partial charge in [-0.25, -0.2) is 14.4 Å². The maximum atomic E-state index is 12.1. The average molecular weight is 602 g/mol. The Kier molecular flexibility index (Phi) is 16.4. The molecule has 2 aromatic rings. The number of nitrogens with one attached hydrogen (secondary N) is 3. The van der Waals surface area contributed by atoms with Crippen LogP contribution in [0.5, 0.6) is 0 Å². The summed E-state index contributed by atoms with van der Waals surface area (Å²) in [5.41, 5.74) is 5.78. The van der Waals surface area contributed by atoms with Gasteiger partial charge in [-0.05, 0) is 62.3 Å². The molecule has 2 aromatic carbocycles. The van der Waals surface area contributed by atoms with Crippen LogP contribution < -0.4 is 16.1 Å². The number of rotatable bonds is 12. The summed E-state index contributed by atoms with van der Waals surface area (Å²) in [6.45, 7) is 13.0. The van der Waals surface area contributed by atoms with Crippen molar-refractivity contribution in [2.45, 2.75) is 85.3 Å². The summed E-state index contributed by atoms with van der Waals surface area (Å²) in [5, 5.41) is 14.2. The number of hydrogen-bond acceptors (Lipinski definition) is 7. The van der Waals surface area contributed by atoms with Crippen molar-refractivity contribution in [1.29, 1.82) is 0 Å². The summed E-state index contributed by atoms with van der Waals surface area (Å²) in [7, 11) is 0. The van der Waals surface area contributed by atoms with Crippen molar-refractivity contribution in [2.24, 2.45) is 0 Å². The summed E-state index contributed by atoms with van der Waals surface area (Å²) < 4.78 is 10.4. The van der Waals surface area contributed by atoms with E-state index >= 15 is 0 Å². The molecule has 0 aromatic heterocycles. The second kappa shape index (κ2) is 19.1. The molecule has 0 heterocycles. The van der Waals surface area contributed by atoms with Gasteiger partial charge in [0, 0.05) is 12.5 Å². The smallest absolute Gasteiger partial charge is 0.431 e. The highest BCUT2D eigenvalue weighted by Crippen LogP contribution is 2.44. The van der Waals surface area contributed by atoms with Crippen molar-refractivity contribution in [3.63, 3.8) is 0 Å². The number of hydroxylamine groups is 1. The highest BCUT2D eigenvalue weighted by atomic mass is 16.7. The Bertz CT molecular complexity index is 1130. The lowest BCUT2D eigenvalue weighted by atomic mass is 9.98. The monoisotopic (exact) mass is 601 g/mol. The van der Waals surface area contributed by atoms with E-state index in [1.807, 2.05) is 76.2 Å². The summed E-state index contributed by atoms with van der Waals surface area (Å²) in [6, 6.07) is 14.9. The van der Waals surface area contributed by atoms with Crippen molar-refractivity contribution >= 4 is 24.1 Å². The van der Waals surface area contributed by atoms with E-state index in [2.05, 4.69) is 16.1 Å². The number of carbonyl (C=O) groups is 4. The van der Waals surface area contributed by atoms with E-state index in [0.29, 0.717) is 12.8 Å². The number of carboxylic acids is 1. The van der Waals surface area contributed by atoms with Crippen LogP contribution in [0.1, 0.15) is 84.8 Å². The Morgan fingerprint density at radius 2 is 1.42 bits per heavy atom. The van der Waals surface area contributed by atoms with Crippen molar-refractivity contribution in [1.82, 2.24) is 16.1 Å². The first-order valence-corrected chi connectivity index (χ1v) is 14.8. The van der Waals surface area contributed by atoms with Gasteiger partial charge in [0.05, 0.1) is 0 Å². The number of hydrogen-bond donors (Lipinski definition) is 4. The number of unbranched alkanes of at least 4 members (excludes halogenated alkanes) is 1. The molecule has 3 rings (SSSR count). The van der Waals surface area contributed by atoms with Crippen LogP contribution in [0.25, 0.3) is 11.1 Å². The van der Waals surface area contributed by atoms with E-state index < -0.39 is 42.3 Å². The van der Waals surface area contributed by atoms with Crippen LogP contribution in [0.2, 0.25) is 0 Å². The minimum absolute atomic E-state index is 0.0912. The van der Waals surface area contributed by atoms with Crippen LogP contribution in [0.4, 0.5) is 9.59 Å². The standard InChI is InChI=1S/C28H35N3O8.2C2H6/c1-28(2,3)39-26(35)30-23(25(33)34)14-8-9-15-29-24(32)17-38-31-27(36)37-16-22-20-12-6-4-10-18(20)19-11-5-7-13-21(19)22;2*1-2/h4-7,10-13,22-23H,8-9,14-17H2,1-3H3,(H,29,32)(H,30,35)(H,31,36)(H,33,34);2*1-2H3. The Labute approximate surface area is 254 Å². The third-order valence-corrected chi connectivity index (χ3v) is 5.93. The quantitative estimate of drug-likeness (QED) is 0.177. The maximum absolute atomic E-state index is 12.1. The molecular formula is C32H47N3O8. The molecule has 238 valence electrons. The number of alkyl carbamates (subject to hydrolysis) is 1. The van der Waals surface area contributed by atoms with Gasteiger partial charge in [0.2, 0.25) is 5.91 Å². The lowest BCUT2D eigenvalue weighted by Gasteiger charge is -2.22. The van der Waals surface area contributed by atoms with Crippen molar-refractivity contribution < 1.29 is 38.6 Å². The number of amides is 3. The third-order valence-electron chi connectivity index (χ3n) is 5.93. The highest BCUT2D eigenvalue weighted by Gasteiger charge is 2.29. The van der Waals surface area contributed by atoms with Crippen molar-refractivity contribution in [3.8, 4) is 11.1 Å². The SMILES string of the molecule is CC.CC.CC(C)(C)OC(=O)NC(CCCCNC(=O)CONC(=O)OCC1c2ccccc2-c2ccccc21)C(=O)O. The third kappa shape index (κ3) is 12.7. The van der Waals surface area contributed by atoms with Gasteiger partial charge in [0.1, 0.15) is 18.2 Å². The fourth-order valence-electron chi connectivity index (χ4n) is 4.25. The molecule has 3 amide bonds. The van der Waals surface area contributed by atoms with E-state index in [1.165, 1.54) is 0 Å². The van der Waals surface area contributed by atoms with Gasteiger partial charge in [0.15, 0.2) is 6.61 Å². The zero-order valence-corrected chi connectivity index (χ0v) is 26.3. The predicted molar refractivity (Wildman–Crippen MR) is 165 cm³/mol. The predicted octanol–water partition coefficient (Wildman–Crippen LogP) is 5.77. The fourth-order valence-corrected chi connectivity index (χ4v) is 4.25. The number of aliphatic carboxylic acids is 1. The van der Waals surface area contributed by atoms with Gasteiger partial charge < -0.3 is 25.2 Å². The number of benzene rings is 2. The largest absolute Gasteiger partial charge is 0.480 e. The zero-order chi connectivity index (χ0) is 32.4. The fraction of sp³-hybridized carbons (Fsp3) is 0.500. The molecule has 1 unspecified atom stereocenters. The molecule has 1 aliphatic rings. The molecule has 0 bridgehead atoms. The summed E-state index contributed by atoms with van der Waals surface area (Å²) in [5.74, 6) is -1.72. The molecule has 0 saturated carbocycles. The van der Waals surface area contributed by atoms with E-state index in [9.17, 15) is 24.3 Å². The lowest BCUT2D eigenvalue weighted by Crippen LogP contribution is -2.43. The Hall–Kier alpha value is -4.12. The molecule has 0 spiro atoms. The topological polar surface area (TPSA) is 152 Å². The van der Waals surface area contributed by atoms with E-state index in [0.717, 1.165) is 22.3 Å². The summed E-state index contributed by atoms with van der Waals surface area (Å²) in [6.07, 6.45) is -0.521. The molecule has 0 radical (unpaired) electrons. The summed E-state index contributed by atoms with van der Waals surface area (Å²) in [4.78, 5) is 52.2. The molecule has 0 saturated heterocycles. The van der Waals surface area contributed by atoms with Crippen LogP contribution in [0.3, 0.4) is 0 Å². The minimum atomic E-state index is -1.17. The molecule has 1 aliphatic carbocycles. The Morgan fingerprint density at radius 3 is 1.95 bits per heavy atom. The van der Waals surface area contributed by atoms with Crippen molar-refractivity contribution in [3.05, 3.63) is 59.7 Å². The first-order valence-electron chi connectivity index (χ1n) is 14.8. The van der Waals surface area contributed by atoms with Gasteiger partial charge in [0.25, 0.3) is 0 Å². The minimum Gasteiger partial charge on any atom is -0.480 e. The number of fused-ring (bicyclic) bond motifs is 3. The maximum Gasteiger partial charge on any atom is 0.431 e. The van der Waals surface area contributed by atoms with Gasteiger partial charge in [-0.2, -0.15) is 5.48 Å². The lowest BCUT2D eigenvalue weighted by molar-refractivity contribution is -0.139. The van der Waals surface area contributed by atoms with Gasteiger partial charge in [-0.15, -0.1) is 0 Å². The molecule has 0 aliphatic heterocycles. The molecule has 11 nitrogen and oxygen atoms in total. The first-order chi connectivity index (χ1) is 20.5. The Balaban J connectivity index is 0.00000221. The van der Waals surface area contributed by atoms with Gasteiger partial charge in [-0.3, -0.25) is 9.63 Å². The normalized spacial score (nSPS) is 12.1. The van der Waals surface area contributed by atoms with Crippen LogP contribution in [-0.2, 0) is 23.9 Å².